The highest BCUT2D eigenvalue weighted by Crippen LogP contribution is 2.24. The SMILES string of the molecule is Cc1[nH]c(C(=O)N2CCC[C@@H](C(=O)NCCC3=CCCCC3)C2)c(C)c1C(=O)OC(C)C. The Morgan fingerprint density at radius 1 is 1.22 bits per heavy atom. The second-order valence-electron chi connectivity index (χ2n) is 9.32. The van der Waals surface area contributed by atoms with Crippen LogP contribution in [0.4, 0.5) is 0 Å². The van der Waals surface area contributed by atoms with E-state index in [0.29, 0.717) is 42.1 Å². The summed E-state index contributed by atoms with van der Waals surface area (Å²) in [7, 11) is 0. The van der Waals surface area contributed by atoms with Crippen molar-refractivity contribution in [3.8, 4) is 0 Å². The van der Waals surface area contributed by atoms with Crippen LogP contribution >= 0.6 is 0 Å². The lowest BCUT2D eigenvalue weighted by Gasteiger charge is -2.32. The fourth-order valence-corrected chi connectivity index (χ4v) is 4.70. The zero-order valence-electron chi connectivity index (χ0n) is 19.9. The number of likely N-dealkylation sites (tertiary alicyclic amines) is 1. The smallest absolute Gasteiger partial charge is 0.340 e. The molecule has 0 bridgehead atoms. The topological polar surface area (TPSA) is 91.5 Å². The van der Waals surface area contributed by atoms with E-state index in [1.54, 1.807) is 32.6 Å². The molecule has 1 atom stereocenters. The van der Waals surface area contributed by atoms with Gasteiger partial charge in [-0.3, -0.25) is 9.59 Å². The maximum atomic E-state index is 13.2. The summed E-state index contributed by atoms with van der Waals surface area (Å²) in [5.74, 6) is -0.761. The number of aromatic amines is 1. The summed E-state index contributed by atoms with van der Waals surface area (Å²) in [5, 5.41) is 3.07. The lowest BCUT2D eigenvalue weighted by Crippen LogP contribution is -2.45. The highest BCUT2D eigenvalue weighted by atomic mass is 16.5. The van der Waals surface area contributed by atoms with Gasteiger partial charge in [0.2, 0.25) is 5.91 Å². The minimum absolute atomic E-state index is 0.0273. The number of H-pyrrole nitrogens is 1. The number of allylic oxidation sites excluding steroid dienone is 1. The zero-order chi connectivity index (χ0) is 23.3. The van der Waals surface area contributed by atoms with Crippen molar-refractivity contribution in [2.45, 2.75) is 78.7 Å². The molecular formula is C25H37N3O4. The Morgan fingerprint density at radius 2 is 2.00 bits per heavy atom. The minimum atomic E-state index is -0.422. The number of amides is 2. The number of nitrogens with zero attached hydrogens (tertiary/aromatic N) is 1. The molecule has 32 heavy (non-hydrogen) atoms. The molecule has 1 aromatic rings. The Balaban J connectivity index is 1.60. The molecule has 2 amide bonds. The minimum Gasteiger partial charge on any atom is -0.459 e. The van der Waals surface area contributed by atoms with Gasteiger partial charge in [0.15, 0.2) is 0 Å². The summed E-state index contributed by atoms with van der Waals surface area (Å²) in [6.07, 6.45) is 9.37. The van der Waals surface area contributed by atoms with Crippen molar-refractivity contribution < 1.29 is 19.1 Å². The average molecular weight is 444 g/mol. The van der Waals surface area contributed by atoms with Crippen molar-refractivity contribution in [1.82, 2.24) is 15.2 Å². The molecule has 7 heteroatoms. The van der Waals surface area contributed by atoms with Crippen LogP contribution in [-0.4, -0.2) is 53.4 Å². The van der Waals surface area contributed by atoms with E-state index in [4.69, 9.17) is 4.74 Å². The maximum Gasteiger partial charge on any atom is 0.340 e. The molecule has 0 saturated carbocycles. The number of hydrogen-bond donors (Lipinski definition) is 2. The summed E-state index contributed by atoms with van der Waals surface area (Å²) >= 11 is 0. The molecule has 0 aromatic carbocycles. The number of hydrogen-bond acceptors (Lipinski definition) is 4. The molecular weight excluding hydrogens is 406 g/mol. The highest BCUT2D eigenvalue weighted by molar-refractivity contribution is 6.00. The van der Waals surface area contributed by atoms with Crippen LogP contribution in [0.25, 0.3) is 0 Å². The number of piperidine rings is 1. The van der Waals surface area contributed by atoms with Crippen molar-refractivity contribution in [3.63, 3.8) is 0 Å². The predicted octanol–water partition coefficient (Wildman–Crippen LogP) is 4.06. The lowest BCUT2D eigenvalue weighted by atomic mass is 9.95. The van der Waals surface area contributed by atoms with Gasteiger partial charge in [0.05, 0.1) is 17.6 Å². The fourth-order valence-electron chi connectivity index (χ4n) is 4.70. The normalized spacial score (nSPS) is 19.0. The van der Waals surface area contributed by atoms with Gasteiger partial charge in [0.1, 0.15) is 5.69 Å². The molecule has 2 heterocycles. The monoisotopic (exact) mass is 443 g/mol. The summed E-state index contributed by atoms with van der Waals surface area (Å²) in [6, 6.07) is 0. The Morgan fingerprint density at radius 3 is 2.69 bits per heavy atom. The Labute approximate surface area is 191 Å². The van der Waals surface area contributed by atoms with Crippen LogP contribution < -0.4 is 5.32 Å². The van der Waals surface area contributed by atoms with Gasteiger partial charge in [-0.15, -0.1) is 0 Å². The Hall–Kier alpha value is -2.57. The molecule has 1 fully saturated rings. The standard InChI is InChI=1S/C25H37N3O4/c1-16(2)32-25(31)21-17(3)22(27-18(21)4)24(30)28-14-8-11-20(15-28)23(29)26-13-12-19-9-6-5-7-10-19/h9,16,20,27H,5-8,10-15H2,1-4H3,(H,26,29)/t20-/m1/s1. The Bertz CT molecular complexity index is 884. The lowest BCUT2D eigenvalue weighted by molar-refractivity contribution is -0.126. The number of carbonyl (C=O) groups is 3. The van der Waals surface area contributed by atoms with Crippen LogP contribution in [0.1, 0.15) is 90.9 Å². The van der Waals surface area contributed by atoms with E-state index in [1.165, 1.54) is 18.4 Å². The second kappa shape index (κ2) is 10.8. The van der Waals surface area contributed by atoms with Crippen molar-refractivity contribution in [1.29, 1.82) is 0 Å². The van der Waals surface area contributed by atoms with E-state index in [1.807, 2.05) is 0 Å². The van der Waals surface area contributed by atoms with E-state index >= 15 is 0 Å². The van der Waals surface area contributed by atoms with Gasteiger partial charge >= 0.3 is 5.97 Å². The van der Waals surface area contributed by atoms with Gasteiger partial charge in [-0.1, -0.05) is 11.6 Å². The van der Waals surface area contributed by atoms with Gasteiger partial charge in [0, 0.05) is 25.3 Å². The van der Waals surface area contributed by atoms with Crippen molar-refractivity contribution in [2.24, 2.45) is 5.92 Å². The number of aromatic nitrogens is 1. The number of nitrogens with one attached hydrogen (secondary N) is 2. The molecule has 1 aliphatic carbocycles. The van der Waals surface area contributed by atoms with Gasteiger partial charge in [-0.2, -0.15) is 0 Å². The molecule has 7 nitrogen and oxygen atoms in total. The Kier molecular flexibility index (Phi) is 8.15. The van der Waals surface area contributed by atoms with Crippen molar-refractivity contribution in [2.75, 3.05) is 19.6 Å². The van der Waals surface area contributed by atoms with Gasteiger partial charge < -0.3 is 19.9 Å². The molecule has 1 aromatic heterocycles. The third kappa shape index (κ3) is 5.81. The summed E-state index contributed by atoms with van der Waals surface area (Å²) < 4.78 is 5.33. The second-order valence-corrected chi connectivity index (χ2v) is 9.32. The van der Waals surface area contributed by atoms with Gasteiger partial charge in [0.25, 0.3) is 5.91 Å². The molecule has 176 valence electrons. The summed E-state index contributed by atoms with van der Waals surface area (Å²) in [4.78, 5) is 43.2. The van der Waals surface area contributed by atoms with Crippen LogP contribution in [0.3, 0.4) is 0 Å². The highest BCUT2D eigenvalue weighted by Gasteiger charge is 2.32. The third-order valence-electron chi connectivity index (χ3n) is 6.41. The number of rotatable bonds is 7. The fraction of sp³-hybridized carbons (Fsp3) is 0.640. The maximum absolute atomic E-state index is 13.2. The molecule has 2 aliphatic rings. The number of aryl methyl sites for hydroxylation is 1. The number of esters is 1. The molecule has 0 radical (unpaired) electrons. The first-order valence-corrected chi connectivity index (χ1v) is 11.9. The number of ether oxygens (including phenoxy) is 1. The van der Waals surface area contributed by atoms with Crippen molar-refractivity contribution >= 4 is 17.8 Å². The molecule has 0 unspecified atom stereocenters. The van der Waals surface area contributed by atoms with E-state index in [0.717, 1.165) is 32.1 Å². The van der Waals surface area contributed by atoms with Crippen molar-refractivity contribution in [3.05, 3.63) is 34.2 Å². The van der Waals surface area contributed by atoms with E-state index in [2.05, 4.69) is 16.4 Å². The first-order chi connectivity index (χ1) is 15.3. The molecule has 1 aliphatic heterocycles. The first kappa shape index (κ1) is 24.1. The predicted molar refractivity (Wildman–Crippen MR) is 124 cm³/mol. The molecule has 0 spiro atoms. The zero-order valence-corrected chi connectivity index (χ0v) is 19.9. The first-order valence-electron chi connectivity index (χ1n) is 11.9. The molecule has 1 saturated heterocycles. The summed E-state index contributed by atoms with van der Waals surface area (Å²) in [6.45, 7) is 8.80. The molecule has 2 N–H and O–H groups in total. The van der Waals surface area contributed by atoms with Gasteiger partial charge in [-0.25, -0.2) is 4.79 Å². The third-order valence-corrected chi connectivity index (χ3v) is 6.41. The quantitative estimate of drug-likeness (QED) is 0.491. The van der Waals surface area contributed by atoms with Crippen LogP contribution in [0.5, 0.6) is 0 Å². The van der Waals surface area contributed by atoms with Crippen LogP contribution in [0.2, 0.25) is 0 Å². The van der Waals surface area contributed by atoms with E-state index in [-0.39, 0.29) is 23.8 Å². The summed E-state index contributed by atoms with van der Waals surface area (Å²) in [5.41, 5.74) is 3.50. The van der Waals surface area contributed by atoms with E-state index in [9.17, 15) is 14.4 Å². The van der Waals surface area contributed by atoms with Gasteiger partial charge in [-0.05, 0) is 78.2 Å². The number of carbonyl (C=O) groups excluding carboxylic acids is 3. The van der Waals surface area contributed by atoms with Crippen LogP contribution in [0, 0.1) is 19.8 Å². The van der Waals surface area contributed by atoms with Crippen LogP contribution in [0.15, 0.2) is 11.6 Å². The average Bonchev–Trinajstić information content (AvgIpc) is 3.07. The van der Waals surface area contributed by atoms with E-state index < -0.39 is 5.97 Å². The van der Waals surface area contributed by atoms with Crippen LogP contribution in [-0.2, 0) is 9.53 Å². The largest absolute Gasteiger partial charge is 0.459 e. The molecule has 3 rings (SSSR count).